The molecule has 4 nitrogen and oxygen atoms in total. The molecule has 0 bridgehead atoms. The molecule has 0 atom stereocenters. The lowest BCUT2D eigenvalue weighted by Crippen LogP contribution is -2.61. The van der Waals surface area contributed by atoms with Crippen LogP contribution in [0, 0.1) is 0 Å². The Morgan fingerprint density at radius 2 is 0.563 bits per heavy atom. The highest BCUT2D eigenvalue weighted by Crippen LogP contribution is 2.52. The van der Waals surface area contributed by atoms with Gasteiger partial charge in [-0.3, -0.25) is 0 Å². The van der Waals surface area contributed by atoms with Crippen LogP contribution in [0.15, 0.2) is 303 Å². The minimum Gasteiger partial charge on any atom is -0.311 e. The van der Waals surface area contributed by atoms with Crippen molar-refractivity contribution in [3.05, 3.63) is 309 Å². The molecule has 0 saturated carbocycles. The van der Waals surface area contributed by atoms with Gasteiger partial charge in [0.2, 0.25) is 0 Å². The number of para-hydroxylation sites is 8. The quantitative estimate of drug-likeness (QED) is 0.141. The largest absolute Gasteiger partial charge is 0.311 e. The molecule has 0 saturated heterocycles. The van der Waals surface area contributed by atoms with Crippen molar-refractivity contribution in [1.29, 1.82) is 0 Å². The molecule has 0 unspecified atom stereocenters. The standard InChI is InChI=1S/C82H59BN4/c1-82(2,3)58-52-79-81-80(53-58)87(76-45-25-17-37-66(76)64-35-15-23-43-74(64)85-71-40-20-12-32-61(71)62-33-13-21-41-72(62)85)78-51-57(55-28-8-5-9-29-55)47-49-68(78)83(81)67-48-46-56(54-26-6-4-7-27-54)50-77(67)86(79)75-44-24-16-36-65(75)63-34-14-22-42-73(63)84-69-38-18-10-30-59(69)60-31-11-19-39-70(60)84/h4-53H,1-3H3. The number of nitrogens with zero attached hydrogens (tertiary/aromatic N) is 4. The van der Waals surface area contributed by atoms with Crippen LogP contribution < -0.4 is 26.2 Å². The topological polar surface area (TPSA) is 16.3 Å². The Hall–Kier alpha value is -10.9. The molecule has 17 rings (SSSR count). The molecule has 0 aliphatic carbocycles. The lowest BCUT2D eigenvalue weighted by molar-refractivity contribution is 0.590. The van der Waals surface area contributed by atoms with Gasteiger partial charge in [0, 0.05) is 66.5 Å². The van der Waals surface area contributed by atoms with Crippen molar-refractivity contribution >= 4 is 101 Å². The van der Waals surface area contributed by atoms with Gasteiger partial charge in [-0.1, -0.05) is 251 Å². The molecule has 4 heterocycles. The van der Waals surface area contributed by atoms with E-state index in [1.54, 1.807) is 0 Å². The summed E-state index contributed by atoms with van der Waals surface area (Å²) in [4.78, 5) is 5.27. The van der Waals surface area contributed by atoms with Crippen LogP contribution in [0.4, 0.5) is 34.1 Å². The summed E-state index contributed by atoms with van der Waals surface area (Å²) in [5.41, 5.74) is 28.0. The minimum absolute atomic E-state index is 0.120. The molecule has 5 heteroatoms. The van der Waals surface area contributed by atoms with Crippen LogP contribution >= 0.6 is 0 Å². The molecular formula is C82H59BN4. The number of benzene rings is 13. The Kier molecular flexibility index (Phi) is 11.6. The van der Waals surface area contributed by atoms with Gasteiger partial charge < -0.3 is 18.9 Å². The maximum absolute atomic E-state index is 2.63. The first kappa shape index (κ1) is 50.6. The molecule has 0 fully saturated rings. The summed E-state index contributed by atoms with van der Waals surface area (Å²) in [6.07, 6.45) is 0. The lowest BCUT2D eigenvalue weighted by Gasteiger charge is -2.46. The molecular weight excluding hydrogens is 1050 g/mol. The van der Waals surface area contributed by atoms with E-state index in [0.29, 0.717) is 0 Å². The summed E-state index contributed by atoms with van der Waals surface area (Å²) in [6.45, 7) is 6.99. The highest BCUT2D eigenvalue weighted by molar-refractivity contribution is 7.00. The van der Waals surface area contributed by atoms with E-state index in [1.807, 2.05) is 0 Å². The van der Waals surface area contributed by atoms with Gasteiger partial charge in [0.25, 0.3) is 6.71 Å². The van der Waals surface area contributed by atoms with Crippen LogP contribution in [0.25, 0.3) is 99.5 Å². The summed E-state index contributed by atoms with van der Waals surface area (Å²) in [6, 6.07) is 113. The molecule has 15 aromatic rings. The van der Waals surface area contributed by atoms with Gasteiger partial charge in [0.05, 0.1) is 44.8 Å². The Labute approximate surface area is 507 Å². The molecule has 2 aliphatic heterocycles. The summed E-state index contributed by atoms with van der Waals surface area (Å²) in [5, 5.41) is 4.96. The van der Waals surface area contributed by atoms with Gasteiger partial charge in [-0.2, -0.15) is 0 Å². The van der Waals surface area contributed by atoms with Crippen LogP contribution in [-0.2, 0) is 5.41 Å². The summed E-state index contributed by atoms with van der Waals surface area (Å²) in [5.74, 6) is 0. The van der Waals surface area contributed by atoms with Crippen molar-refractivity contribution in [2.24, 2.45) is 0 Å². The molecule has 0 radical (unpaired) electrons. The van der Waals surface area contributed by atoms with Crippen molar-refractivity contribution < 1.29 is 0 Å². The number of aromatic nitrogens is 2. The first-order valence-corrected chi connectivity index (χ1v) is 30.4. The van der Waals surface area contributed by atoms with Crippen LogP contribution in [0.3, 0.4) is 0 Å². The SMILES string of the molecule is CC(C)(C)c1cc2c3c(c1)N(c1ccccc1-c1ccccc1-n1c4ccccc4c4ccccc41)c1cc(-c4ccccc4)ccc1B3c1ccc(-c3ccccc3)cc1N2c1ccccc1-c1ccccc1-n1c2ccccc2c2ccccc21. The van der Waals surface area contributed by atoms with E-state index in [2.05, 4.69) is 343 Å². The van der Waals surface area contributed by atoms with E-state index in [9.17, 15) is 0 Å². The van der Waals surface area contributed by atoms with Crippen LogP contribution in [0.1, 0.15) is 26.3 Å². The molecule has 2 aromatic heterocycles. The fourth-order valence-corrected chi connectivity index (χ4v) is 14.5. The van der Waals surface area contributed by atoms with Gasteiger partial charge >= 0.3 is 0 Å². The van der Waals surface area contributed by atoms with Crippen molar-refractivity contribution in [1.82, 2.24) is 9.13 Å². The predicted octanol–water partition coefficient (Wildman–Crippen LogP) is 19.9. The smallest absolute Gasteiger partial charge is 0.252 e. The number of hydrogen-bond donors (Lipinski definition) is 0. The number of fused-ring (bicyclic) bond motifs is 10. The second-order valence-electron chi connectivity index (χ2n) is 24.4. The van der Waals surface area contributed by atoms with Crippen molar-refractivity contribution in [2.45, 2.75) is 26.2 Å². The maximum atomic E-state index is 2.63. The lowest BCUT2D eigenvalue weighted by atomic mass is 9.33. The summed E-state index contributed by atoms with van der Waals surface area (Å²) >= 11 is 0. The molecule has 87 heavy (non-hydrogen) atoms. The van der Waals surface area contributed by atoms with E-state index in [-0.39, 0.29) is 12.1 Å². The average molecular weight is 1110 g/mol. The minimum atomic E-state index is -0.248. The Bertz CT molecular complexity index is 4820. The maximum Gasteiger partial charge on any atom is 0.252 e. The van der Waals surface area contributed by atoms with Gasteiger partial charge in [0.15, 0.2) is 0 Å². The number of anilines is 6. The number of hydrogen-bond acceptors (Lipinski definition) is 2. The zero-order chi connectivity index (χ0) is 57.9. The Morgan fingerprint density at radius 1 is 0.253 bits per heavy atom. The van der Waals surface area contributed by atoms with Gasteiger partial charge in [0.1, 0.15) is 0 Å². The summed E-state index contributed by atoms with van der Waals surface area (Å²) < 4.78 is 4.95. The van der Waals surface area contributed by atoms with Gasteiger partial charge in [-0.25, -0.2) is 0 Å². The third-order valence-corrected chi connectivity index (χ3v) is 18.5. The van der Waals surface area contributed by atoms with Crippen LogP contribution in [0.5, 0.6) is 0 Å². The molecule has 0 N–H and O–H groups in total. The second kappa shape index (κ2) is 19.9. The zero-order valence-corrected chi connectivity index (χ0v) is 48.7. The fourth-order valence-electron chi connectivity index (χ4n) is 14.5. The normalized spacial score (nSPS) is 12.7. The van der Waals surface area contributed by atoms with Gasteiger partial charge in [-0.15, -0.1) is 0 Å². The van der Waals surface area contributed by atoms with Crippen LogP contribution in [-0.4, -0.2) is 15.8 Å². The van der Waals surface area contributed by atoms with E-state index in [1.165, 1.54) is 111 Å². The van der Waals surface area contributed by atoms with E-state index >= 15 is 0 Å². The Morgan fingerprint density at radius 3 is 0.931 bits per heavy atom. The zero-order valence-electron chi connectivity index (χ0n) is 48.7. The predicted molar refractivity (Wildman–Crippen MR) is 370 cm³/mol. The summed E-state index contributed by atoms with van der Waals surface area (Å²) in [7, 11) is 0. The molecule has 13 aromatic carbocycles. The highest BCUT2D eigenvalue weighted by atomic mass is 15.2. The first-order valence-electron chi connectivity index (χ1n) is 30.4. The van der Waals surface area contributed by atoms with E-state index in [4.69, 9.17) is 0 Å². The third-order valence-electron chi connectivity index (χ3n) is 18.5. The van der Waals surface area contributed by atoms with Crippen molar-refractivity contribution in [3.8, 4) is 55.9 Å². The van der Waals surface area contributed by atoms with Crippen molar-refractivity contribution in [2.75, 3.05) is 9.80 Å². The molecule has 410 valence electrons. The van der Waals surface area contributed by atoms with E-state index in [0.717, 1.165) is 45.0 Å². The molecule has 0 amide bonds. The first-order chi connectivity index (χ1) is 42.9. The average Bonchev–Trinajstić information content (AvgIpc) is 1.41. The van der Waals surface area contributed by atoms with E-state index < -0.39 is 0 Å². The highest BCUT2D eigenvalue weighted by Gasteiger charge is 2.45. The molecule has 2 aliphatic rings. The second-order valence-corrected chi connectivity index (χ2v) is 24.4. The van der Waals surface area contributed by atoms with Gasteiger partial charge in [-0.05, 0) is 122 Å². The molecule has 0 spiro atoms. The fraction of sp³-hybridized carbons (Fsp3) is 0.0488. The Balaban J connectivity index is 0.961. The van der Waals surface area contributed by atoms with Crippen LogP contribution in [0.2, 0.25) is 0 Å². The third kappa shape index (κ3) is 7.93. The van der Waals surface area contributed by atoms with Crippen molar-refractivity contribution in [3.63, 3.8) is 0 Å². The number of rotatable bonds is 8. The monoisotopic (exact) mass is 1110 g/mol.